The molecule has 0 saturated carbocycles. The van der Waals surface area contributed by atoms with Crippen LogP contribution in [0.4, 0.5) is 10.1 Å². The third-order valence-corrected chi connectivity index (χ3v) is 3.47. The fraction of sp³-hybridized carbons (Fsp3) is 0.167. The molecule has 0 heterocycles. The lowest BCUT2D eigenvalue weighted by Crippen LogP contribution is -2.22. The zero-order chi connectivity index (χ0) is 18.4. The summed E-state index contributed by atoms with van der Waals surface area (Å²) in [5, 5.41) is 7.60. The van der Waals surface area contributed by atoms with E-state index in [0.717, 1.165) is 0 Å². The highest BCUT2D eigenvalue weighted by Gasteiger charge is 2.13. The number of amides is 3. The van der Waals surface area contributed by atoms with Crippen LogP contribution in [-0.4, -0.2) is 31.8 Å². The number of hydrogen-bond donors (Lipinski definition) is 3. The summed E-state index contributed by atoms with van der Waals surface area (Å²) < 4.78 is 12.9. The van der Waals surface area contributed by atoms with Crippen LogP contribution in [0, 0.1) is 5.82 Å². The van der Waals surface area contributed by atoms with Crippen LogP contribution in [0.2, 0.25) is 0 Å². The van der Waals surface area contributed by atoms with E-state index in [4.69, 9.17) is 0 Å². The minimum atomic E-state index is -0.377. The maximum Gasteiger partial charge on any atom is 0.251 e. The van der Waals surface area contributed by atoms with E-state index in [9.17, 15) is 18.8 Å². The van der Waals surface area contributed by atoms with Gasteiger partial charge in [0, 0.05) is 30.9 Å². The number of nitrogens with one attached hydrogen (secondary N) is 3. The minimum absolute atomic E-state index is 0.0415. The first-order valence-electron chi connectivity index (χ1n) is 7.56. The Hall–Kier alpha value is -3.22. The van der Waals surface area contributed by atoms with Gasteiger partial charge in [0.15, 0.2) is 0 Å². The minimum Gasteiger partial charge on any atom is -0.355 e. The molecule has 0 bridgehead atoms. The summed E-state index contributed by atoms with van der Waals surface area (Å²) in [6.45, 7) is 0. The van der Waals surface area contributed by atoms with Gasteiger partial charge in [-0.25, -0.2) is 4.39 Å². The van der Waals surface area contributed by atoms with Crippen molar-refractivity contribution in [2.45, 2.75) is 6.42 Å². The van der Waals surface area contributed by atoms with E-state index in [-0.39, 0.29) is 41.1 Å². The number of anilines is 1. The average Bonchev–Trinajstić information content (AvgIpc) is 2.61. The molecule has 0 aliphatic rings. The van der Waals surface area contributed by atoms with Crippen LogP contribution in [-0.2, 0) is 11.2 Å². The molecule has 6 nitrogen and oxygen atoms in total. The molecule has 0 aromatic heterocycles. The van der Waals surface area contributed by atoms with Gasteiger partial charge in [0.2, 0.25) is 5.91 Å². The molecule has 0 aliphatic carbocycles. The van der Waals surface area contributed by atoms with Gasteiger partial charge < -0.3 is 16.0 Å². The van der Waals surface area contributed by atoms with Crippen molar-refractivity contribution >= 4 is 23.4 Å². The van der Waals surface area contributed by atoms with E-state index in [1.54, 1.807) is 0 Å². The molecule has 3 amide bonds. The second-order valence-electron chi connectivity index (χ2n) is 5.31. The molecule has 2 rings (SSSR count). The first-order chi connectivity index (χ1) is 11.9. The lowest BCUT2D eigenvalue weighted by atomic mass is 10.1. The highest BCUT2D eigenvalue weighted by atomic mass is 19.1. The topological polar surface area (TPSA) is 87.3 Å². The normalized spacial score (nSPS) is 10.0. The molecular weight excluding hydrogens is 325 g/mol. The maximum atomic E-state index is 12.9. The van der Waals surface area contributed by atoms with Gasteiger partial charge in [0.05, 0.1) is 6.42 Å². The molecule has 130 valence electrons. The molecular formula is C18H18FN3O3. The summed E-state index contributed by atoms with van der Waals surface area (Å²) in [7, 11) is 2.95. The molecule has 2 aromatic carbocycles. The standard InChI is InChI=1S/C18H18FN3O3/c1-20-17(24)12-8-13(18(25)21-2)10-15(9-12)22-16(23)7-11-3-5-14(19)6-4-11/h3-6,8-10H,7H2,1-2H3,(H,20,24)(H,21,25)(H,22,23). The van der Waals surface area contributed by atoms with Gasteiger partial charge >= 0.3 is 0 Å². The van der Waals surface area contributed by atoms with Crippen LogP contribution >= 0.6 is 0 Å². The molecule has 0 atom stereocenters. The van der Waals surface area contributed by atoms with Gasteiger partial charge in [-0.1, -0.05) is 12.1 Å². The molecule has 2 aromatic rings. The van der Waals surface area contributed by atoms with Crippen LogP contribution in [0.25, 0.3) is 0 Å². The molecule has 0 unspecified atom stereocenters. The number of halogens is 1. The van der Waals surface area contributed by atoms with E-state index in [1.807, 2.05) is 0 Å². The summed E-state index contributed by atoms with van der Waals surface area (Å²) in [4.78, 5) is 35.9. The Bertz CT molecular complexity index is 769. The number of hydrogen-bond acceptors (Lipinski definition) is 3. The number of carbonyl (C=O) groups excluding carboxylic acids is 3. The lowest BCUT2D eigenvalue weighted by molar-refractivity contribution is -0.115. The third kappa shape index (κ3) is 4.87. The Labute approximate surface area is 144 Å². The molecule has 0 aliphatic heterocycles. The summed E-state index contributed by atoms with van der Waals surface area (Å²) in [6.07, 6.45) is 0.0415. The van der Waals surface area contributed by atoms with Crippen LogP contribution in [0.15, 0.2) is 42.5 Å². The largest absolute Gasteiger partial charge is 0.355 e. The predicted molar refractivity (Wildman–Crippen MR) is 92.0 cm³/mol. The number of benzene rings is 2. The predicted octanol–water partition coefficient (Wildman–Crippen LogP) is 1.73. The Morgan fingerprint density at radius 1 is 0.880 bits per heavy atom. The first kappa shape index (κ1) is 18.1. The van der Waals surface area contributed by atoms with Crippen molar-refractivity contribution < 1.29 is 18.8 Å². The SMILES string of the molecule is CNC(=O)c1cc(NC(=O)Cc2ccc(F)cc2)cc(C(=O)NC)c1. The van der Waals surface area contributed by atoms with Gasteiger partial charge in [-0.2, -0.15) is 0 Å². The molecule has 0 radical (unpaired) electrons. The summed E-state index contributed by atoms with van der Waals surface area (Å²) in [6, 6.07) is 9.99. The smallest absolute Gasteiger partial charge is 0.251 e. The van der Waals surface area contributed by atoms with Gasteiger partial charge in [-0.3, -0.25) is 14.4 Å². The average molecular weight is 343 g/mol. The molecule has 3 N–H and O–H groups in total. The van der Waals surface area contributed by atoms with Crippen LogP contribution < -0.4 is 16.0 Å². The van der Waals surface area contributed by atoms with E-state index in [1.165, 1.54) is 56.6 Å². The molecule has 25 heavy (non-hydrogen) atoms. The third-order valence-electron chi connectivity index (χ3n) is 3.47. The van der Waals surface area contributed by atoms with E-state index >= 15 is 0 Å². The van der Waals surface area contributed by atoms with Gasteiger partial charge in [0.25, 0.3) is 11.8 Å². The van der Waals surface area contributed by atoms with Gasteiger partial charge in [0.1, 0.15) is 5.82 Å². The van der Waals surface area contributed by atoms with Gasteiger partial charge in [-0.15, -0.1) is 0 Å². The second kappa shape index (κ2) is 8.05. The van der Waals surface area contributed by atoms with Crippen LogP contribution in [0.3, 0.4) is 0 Å². The first-order valence-corrected chi connectivity index (χ1v) is 7.56. The van der Waals surface area contributed by atoms with E-state index in [2.05, 4.69) is 16.0 Å². The van der Waals surface area contributed by atoms with E-state index < -0.39 is 0 Å². The van der Waals surface area contributed by atoms with Crippen molar-refractivity contribution in [3.63, 3.8) is 0 Å². The van der Waals surface area contributed by atoms with Crippen molar-refractivity contribution in [2.24, 2.45) is 0 Å². The zero-order valence-electron chi connectivity index (χ0n) is 13.9. The fourth-order valence-corrected chi connectivity index (χ4v) is 2.24. The Balaban J connectivity index is 2.21. The quantitative estimate of drug-likeness (QED) is 0.773. The highest BCUT2D eigenvalue weighted by Crippen LogP contribution is 2.16. The van der Waals surface area contributed by atoms with Crippen molar-refractivity contribution in [3.8, 4) is 0 Å². The second-order valence-corrected chi connectivity index (χ2v) is 5.31. The van der Waals surface area contributed by atoms with Crippen LogP contribution in [0.1, 0.15) is 26.3 Å². The van der Waals surface area contributed by atoms with Crippen molar-refractivity contribution in [1.82, 2.24) is 10.6 Å². The summed E-state index contributed by atoms with van der Waals surface area (Å²) in [5.41, 5.74) is 1.47. The summed E-state index contributed by atoms with van der Waals surface area (Å²) in [5.74, 6) is -1.47. The number of rotatable bonds is 5. The lowest BCUT2D eigenvalue weighted by Gasteiger charge is -2.10. The van der Waals surface area contributed by atoms with Crippen molar-refractivity contribution in [2.75, 3.05) is 19.4 Å². The zero-order valence-corrected chi connectivity index (χ0v) is 13.9. The Morgan fingerprint density at radius 2 is 1.40 bits per heavy atom. The number of carbonyl (C=O) groups is 3. The van der Waals surface area contributed by atoms with Gasteiger partial charge in [-0.05, 0) is 35.9 Å². The molecule has 7 heteroatoms. The molecule has 0 saturated heterocycles. The van der Waals surface area contributed by atoms with Crippen molar-refractivity contribution in [3.05, 3.63) is 65.0 Å². The van der Waals surface area contributed by atoms with Crippen LogP contribution in [0.5, 0.6) is 0 Å². The fourth-order valence-electron chi connectivity index (χ4n) is 2.24. The van der Waals surface area contributed by atoms with Crippen molar-refractivity contribution in [1.29, 1.82) is 0 Å². The highest BCUT2D eigenvalue weighted by molar-refractivity contribution is 6.02. The molecule has 0 fully saturated rings. The Morgan fingerprint density at radius 3 is 1.88 bits per heavy atom. The van der Waals surface area contributed by atoms with E-state index in [0.29, 0.717) is 11.3 Å². The monoisotopic (exact) mass is 343 g/mol. The maximum absolute atomic E-state index is 12.9. The molecule has 0 spiro atoms. The summed E-state index contributed by atoms with van der Waals surface area (Å²) >= 11 is 0. The Kier molecular flexibility index (Phi) is 5.84.